The number of piperidine rings is 1. The predicted octanol–water partition coefficient (Wildman–Crippen LogP) is 1.87. The number of hydrogen-bond acceptors (Lipinski definition) is 5. The van der Waals surface area contributed by atoms with E-state index in [2.05, 4.69) is 15.4 Å². The minimum absolute atomic E-state index is 0.0318. The van der Waals surface area contributed by atoms with Crippen molar-refractivity contribution in [3.8, 4) is 0 Å². The molecule has 118 valence electrons. The average Bonchev–Trinajstić information content (AvgIpc) is 3.16. The Hall–Kier alpha value is -2.15. The van der Waals surface area contributed by atoms with Crippen LogP contribution >= 0.6 is 0 Å². The van der Waals surface area contributed by atoms with Gasteiger partial charge in [-0.05, 0) is 31.2 Å². The van der Waals surface area contributed by atoms with Gasteiger partial charge in [0.1, 0.15) is 17.5 Å². The van der Waals surface area contributed by atoms with E-state index in [0.29, 0.717) is 17.2 Å². The van der Waals surface area contributed by atoms with Gasteiger partial charge in [-0.2, -0.15) is 5.10 Å². The van der Waals surface area contributed by atoms with Crippen molar-refractivity contribution in [2.45, 2.75) is 32.3 Å². The third-order valence-electron chi connectivity index (χ3n) is 4.25. The van der Waals surface area contributed by atoms with Crippen LogP contribution in [0.15, 0.2) is 17.0 Å². The first-order chi connectivity index (χ1) is 10.7. The number of aromatic nitrogens is 3. The Labute approximate surface area is 128 Å². The Morgan fingerprint density at radius 2 is 2.27 bits per heavy atom. The fourth-order valence-corrected chi connectivity index (χ4v) is 3.01. The molecule has 1 N–H and O–H groups in total. The van der Waals surface area contributed by atoms with Gasteiger partial charge in [-0.3, -0.25) is 9.89 Å². The quantitative estimate of drug-likeness (QED) is 0.932. The van der Waals surface area contributed by atoms with Crippen LogP contribution in [0.2, 0.25) is 0 Å². The van der Waals surface area contributed by atoms with Gasteiger partial charge in [0.25, 0.3) is 5.91 Å². The fourth-order valence-electron chi connectivity index (χ4n) is 3.01. The van der Waals surface area contributed by atoms with Gasteiger partial charge in [0.2, 0.25) is 0 Å². The molecule has 0 bridgehead atoms. The topological polar surface area (TPSA) is 84.2 Å². The summed E-state index contributed by atoms with van der Waals surface area (Å²) in [7, 11) is 1.57. The molecule has 1 aliphatic rings. The lowest BCUT2D eigenvalue weighted by molar-refractivity contribution is 0.0708. The Morgan fingerprint density at radius 1 is 1.50 bits per heavy atom. The third kappa shape index (κ3) is 2.76. The molecule has 7 nitrogen and oxygen atoms in total. The van der Waals surface area contributed by atoms with E-state index in [1.807, 2.05) is 18.0 Å². The van der Waals surface area contributed by atoms with Crippen molar-refractivity contribution < 1.29 is 14.1 Å². The van der Waals surface area contributed by atoms with Crippen LogP contribution in [0.4, 0.5) is 0 Å². The number of H-pyrrole nitrogens is 1. The summed E-state index contributed by atoms with van der Waals surface area (Å²) in [6.07, 6.45) is 5.19. The molecule has 7 heteroatoms. The highest BCUT2D eigenvalue weighted by molar-refractivity contribution is 5.95. The molecule has 2 aromatic rings. The Balaban J connectivity index is 1.65. The highest BCUT2D eigenvalue weighted by atomic mass is 16.5. The Morgan fingerprint density at radius 3 is 2.91 bits per heavy atom. The number of methoxy groups -OCH3 is 1. The van der Waals surface area contributed by atoms with Crippen molar-refractivity contribution in [2.75, 3.05) is 20.2 Å². The van der Waals surface area contributed by atoms with Crippen LogP contribution in [0.25, 0.3) is 0 Å². The molecule has 0 radical (unpaired) electrons. The molecule has 1 saturated heterocycles. The molecule has 22 heavy (non-hydrogen) atoms. The molecule has 1 aliphatic heterocycles. The lowest BCUT2D eigenvalue weighted by Crippen LogP contribution is -2.38. The van der Waals surface area contributed by atoms with Gasteiger partial charge < -0.3 is 14.2 Å². The summed E-state index contributed by atoms with van der Waals surface area (Å²) in [6, 6.07) is 0. The molecular weight excluding hydrogens is 284 g/mol. The first-order valence-electron chi connectivity index (χ1n) is 7.42. The molecule has 0 spiro atoms. The molecule has 1 fully saturated rings. The Bertz CT molecular complexity index is 641. The SMILES string of the molecule is COCc1nocc1C(=O)N1CCC(c2cn[nH]c2C)CC1. The van der Waals surface area contributed by atoms with Gasteiger partial charge in [-0.25, -0.2) is 0 Å². The molecule has 1 amide bonds. The van der Waals surface area contributed by atoms with Crippen molar-refractivity contribution in [1.29, 1.82) is 0 Å². The zero-order valence-electron chi connectivity index (χ0n) is 12.8. The molecule has 0 atom stereocenters. The van der Waals surface area contributed by atoms with Crippen LogP contribution in [0.1, 0.15) is 46.1 Å². The number of ether oxygens (including phenoxy) is 1. The maximum atomic E-state index is 12.6. The van der Waals surface area contributed by atoms with Gasteiger partial charge in [-0.1, -0.05) is 5.16 Å². The number of aryl methyl sites for hydroxylation is 1. The number of rotatable bonds is 4. The summed E-state index contributed by atoms with van der Waals surface area (Å²) in [5.74, 6) is 0.430. The molecule has 0 saturated carbocycles. The molecule has 0 unspecified atom stereocenters. The van der Waals surface area contributed by atoms with E-state index < -0.39 is 0 Å². The average molecular weight is 304 g/mol. The van der Waals surface area contributed by atoms with Gasteiger partial charge >= 0.3 is 0 Å². The van der Waals surface area contributed by atoms with E-state index >= 15 is 0 Å². The second-order valence-electron chi connectivity index (χ2n) is 5.62. The number of likely N-dealkylation sites (tertiary alicyclic amines) is 1. The number of nitrogens with one attached hydrogen (secondary N) is 1. The van der Waals surface area contributed by atoms with Crippen LogP contribution < -0.4 is 0 Å². The van der Waals surface area contributed by atoms with Crippen molar-refractivity contribution in [1.82, 2.24) is 20.3 Å². The number of hydrogen-bond donors (Lipinski definition) is 1. The van der Waals surface area contributed by atoms with E-state index in [9.17, 15) is 4.79 Å². The zero-order chi connectivity index (χ0) is 15.5. The van der Waals surface area contributed by atoms with E-state index in [1.165, 1.54) is 11.8 Å². The monoisotopic (exact) mass is 304 g/mol. The summed E-state index contributed by atoms with van der Waals surface area (Å²) in [6.45, 7) is 3.77. The number of aromatic amines is 1. The van der Waals surface area contributed by atoms with Crippen LogP contribution in [0.5, 0.6) is 0 Å². The third-order valence-corrected chi connectivity index (χ3v) is 4.25. The number of amides is 1. The Kier molecular flexibility index (Phi) is 4.24. The molecule has 3 heterocycles. The van der Waals surface area contributed by atoms with Crippen LogP contribution in [-0.4, -0.2) is 46.4 Å². The lowest BCUT2D eigenvalue weighted by atomic mass is 9.89. The van der Waals surface area contributed by atoms with Crippen molar-refractivity contribution in [3.63, 3.8) is 0 Å². The minimum atomic E-state index is -0.0318. The maximum absolute atomic E-state index is 12.6. The normalized spacial score (nSPS) is 16.2. The summed E-state index contributed by atoms with van der Waals surface area (Å²) < 4.78 is 9.96. The summed E-state index contributed by atoms with van der Waals surface area (Å²) >= 11 is 0. The number of carbonyl (C=O) groups excluding carboxylic acids is 1. The molecule has 0 aromatic carbocycles. The summed E-state index contributed by atoms with van der Waals surface area (Å²) in [5.41, 5.74) is 3.43. The number of carbonyl (C=O) groups is 1. The second kappa shape index (κ2) is 6.31. The standard InChI is InChI=1S/C15H20N4O3/c1-10-12(7-16-17-10)11-3-5-19(6-4-11)15(20)13-8-22-18-14(13)9-21-2/h7-8,11H,3-6,9H2,1-2H3,(H,16,17). The van der Waals surface area contributed by atoms with Crippen molar-refractivity contribution in [2.24, 2.45) is 0 Å². The fraction of sp³-hybridized carbons (Fsp3) is 0.533. The lowest BCUT2D eigenvalue weighted by Gasteiger charge is -2.31. The molecule has 2 aromatic heterocycles. The second-order valence-corrected chi connectivity index (χ2v) is 5.62. The van der Waals surface area contributed by atoms with Gasteiger partial charge in [0, 0.05) is 25.9 Å². The number of nitrogens with zero attached hydrogens (tertiary/aromatic N) is 3. The highest BCUT2D eigenvalue weighted by Crippen LogP contribution is 2.30. The predicted molar refractivity (Wildman–Crippen MR) is 78.4 cm³/mol. The van der Waals surface area contributed by atoms with Crippen LogP contribution in [-0.2, 0) is 11.3 Å². The molecular formula is C15H20N4O3. The van der Waals surface area contributed by atoms with E-state index in [-0.39, 0.29) is 12.5 Å². The van der Waals surface area contributed by atoms with Crippen LogP contribution in [0, 0.1) is 6.92 Å². The molecule has 0 aliphatic carbocycles. The van der Waals surface area contributed by atoms with E-state index in [1.54, 1.807) is 7.11 Å². The van der Waals surface area contributed by atoms with Crippen molar-refractivity contribution >= 4 is 5.91 Å². The highest BCUT2D eigenvalue weighted by Gasteiger charge is 2.28. The van der Waals surface area contributed by atoms with E-state index in [4.69, 9.17) is 9.26 Å². The van der Waals surface area contributed by atoms with Gasteiger partial charge in [0.15, 0.2) is 0 Å². The molecule has 3 rings (SSSR count). The summed E-state index contributed by atoms with van der Waals surface area (Å²) in [5, 5.41) is 10.9. The maximum Gasteiger partial charge on any atom is 0.259 e. The van der Waals surface area contributed by atoms with Crippen LogP contribution in [0.3, 0.4) is 0 Å². The van der Waals surface area contributed by atoms with E-state index in [0.717, 1.165) is 31.6 Å². The summed E-state index contributed by atoms with van der Waals surface area (Å²) in [4.78, 5) is 14.4. The first kappa shape index (κ1) is 14.8. The van der Waals surface area contributed by atoms with Gasteiger partial charge in [0.05, 0.1) is 12.8 Å². The first-order valence-corrected chi connectivity index (χ1v) is 7.42. The van der Waals surface area contributed by atoms with Crippen molar-refractivity contribution in [3.05, 3.63) is 35.0 Å². The largest absolute Gasteiger partial charge is 0.378 e. The minimum Gasteiger partial charge on any atom is -0.378 e. The zero-order valence-corrected chi connectivity index (χ0v) is 12.8. The van der Waals surface area contributed by atoms with Gasteiger partial charge in [-0.15, -0.1) is 0 Å². The smallest absolute Gasteiger partial charge is 0.259 e.